The standard InChI is InChI=1S/C13H18O2/c1-11(14)7-5-6-10-13(15)12-8-3-2-4-9-12/h2-6,8-9,11,13-15H,7,10H2,1H3/b6-5-/t11-,13-/m1/s1. The van der Waals surface area contributed by atoms with Crippen LogP contribution in [-0.4, -0.2) is 16.3 Å². The molecule has 0 unspecified atom stereocenters. The third-order valence-corrected chi connectivity index (χ3v) is 2.19. The van der Waals surface area contributed by atoms with Crippen molar-refractivity contribution in [2.24, 2.45) is 0 Å². The van der Waals surface area contributed by atoms with E-state index in [2.05, 4.69) is 0 Å². The van der Waals surface area contributed by atoms with Gasteiger partial charge < -0.3 is 10.2 Å². The van der Waals surface area contributed by atoms with E-state index in [1.165, 1.54) is 0 Å². The second-order valence-corrected chi connectivity index (χ2v) is 3.72. The molecule has 0 bridgehead atoms. The Bertz CT molecular complexity index is 291. The van der Waals surface area contributed by atoms with Gasteiger partial charge in [0, 0.05) is 0 Å². The summed E-state index contributed by atoms with van der Waals surface area (Å²) in [6, 6.07) is 9.58. The maximum atomic E-state index is 9.77. The molecule has 0 saturated carbocycles. The molecular weight excluding hydrogens is 188 g/mol. The molecule has 1 aromatic carbocycles. The highest BCUT2D eigenvalue weighted by Gasteiger charge is 2.03. The number of rotatable bonds is 5. The summed E-state index contributed by atoms with van der Waals surface area (Å²) in [5.74, 6) is 0. The van der Waals surface area contributed by atoms with Crippen LogP contribution in [0.3, 0.4) is 0 Å². The van der Waals surface area contributed by atoms with Gasteiger partial charge >= 0.3 is 0 Å². The fourth-order valence-electron chi connectivity index (χ4n) is 1.33. The van der Waals surface area contributed by atoms with E-state index >= 15 is 0 Å². The van der Waals surface area contributed by atoms with E-state index in [9.17, 15) is 5.11 Å². The second-order valence-electron chi connectivity index (χ2n) is 3.72. The first-order valence-corrected chi connectivity index (χ1v) is 5.26. The lowest BCUT2D eigenvalue weighted by molar-refractivity contribution is 0.180. The predicted molar refractivity (Wildman–Crippen MR) is 61.5 cm³/mol. The number of aliphatic hydroxyl groups is 2. The van der Waals surface area contributed by atoms with Gasteiger partial charge in [0.2, 0.25) is 0 Å². The van der Waals surface area contributed by atoms with Crippen molar-refractivity contribution >= 4 is 0 Å². The number of hydrogen-bond acceptors (Lipinski definition) is 2. The van der Waals surface area contributed by atoms with Crippen molar-refractivity contribution in [3.05, 3.63) is 48.0 Å². The largest absolute Gasteiger partial charge is 0.393 e. The number of aliphatic hydroxyl groups excluding tert-OH is 2. The Kier molecular flexibility index (Phi) is 5.08. The summed E-state index contributed by atoms with van der Waals surface area (Å²) in [5.41, 5.74) is 0.930. The summed E-state index contributed by atoms with van der Waals surface area (Å²) >= 11 is 0. The molecule has 0 amide bonds. The van der Waals surface area contributed by atoms with Gasteiger partial charge in [-0.2, -0.15) is 0 Å². The van der Waals surface area contributed by atoms with E-state index < -0.39 is 6.10 Å². The highest BCUT2D eigenvalue weighted by atomic mass is 16.3. The van der Waals surface area contributed by atoms with E-state index in [0.29, 0.717) is 12.8 Å². The lowest BCUT2D eigenvalue weighted by Gasteiger charge is -2.07. The Labute approximate surface area is 90.9 Å². The molecule has 2 N–H and O–H groups in total. The van der Waals surface area contributed by atoms with Gasteiger partial charge in [-0.15, -0.1) is 0 Å². The van der Waals surface area contributed by atoms with Crippen LogP contribution < -0.4 is 0 Å². The maximum absolute atomic E-state index is 9.77. The molecular formula is C13H18O2. The van der Waals surface area contributed by atoms with Gasteiger partial charge in [0.15, 0.2) is 0 Å². The fraction of sp³-hybridized carbons (Fsp3) is 0.385. The van der Waals surface area contributed by atoms with E-state index in [1.807, 2.05) is 42.5 Å². The van der Waals surface area contributed by atoms with E-state index in [-0.39, 0.29) is 6.10 Å². The topological polar surface area (TPSA) is 40.5 Å². The summed E-state index contributed by atoms with van der Waals surface area (Å²) in [5, 5.41) is 18.8. The molecule has 0 heterocycles. The summed E-state index contributed by atoms with van der Waals surface area (Å²) in [6.45, 7) is 1.75. The van der Waals surface area contributed by atoms with Crippen molar-refractivity contribution in [3.63, 3.8) is 0 Å². The molecule has 1 rings (SSSR count). The molecule has 0 radical (unpaired) electrons. The first-order chi connectivity index (χ1) is 7.20. The van der Waals surface area contributed by atoms with Crippen molar-refractivity contribution in [3.8, 4) is 0 Å². The van der Waals surface area contributed by atoms with Gasteiger partial charge in [0.25, 0.3) is 0 Å². The Balaban J connectivity index is 2.37. The average molecular weight is 206 g/mol. The van der Waals surface area contributed by atoms with E-state index in [4.69, 9.17) is 5.11 Å². The Morgan fingerprint density at radius 2 is 1.67 bits per heavy atom. The molecule has 2 nitrogen and oxygen atoms in total. The van der Waals surface area contributed by atoms with E-state index in [0.717, 1.165) is 5.56 Å². The Morgan fingerprint density at radius 1 is 1.07 bits per heavy atom. The van der Waals surface area contributed by atoms with Crippen LogP contribution in [-0.2, 0) is 0 Å². The summed E-state index contributed by atoms with van der Waals surface area (Å²) in [6.07, 6.45) is 4.28. The summed E-state index contributed by atoms with van der Waals surface area (Å²) in [7, 11) is 0. The zero-order valence-corrected chi connectivity index (χ0v) is 9.00. The van der Waals surface area contributed by atoms with Crippen LogP contribution in [0.5, 0.6) is 0 Å². The van der Waals surface area contributed by atoms with Gasteiger partial charge in [-0.3, -0.25) is 0 Å². The van der Waals surface area contributed by atoms with Crippen LogP contribution in [0.1, 0.15) is 31.4 Å². The van der Waals surface area contributed by atoms with Gasteiger partial charge in [-0.1, -0.05) is 42.5 Å². The zero-order valence-electron chi connectivity index (χ0n) is 9.00. The number of benzene rings is 1. The maximum Gasteiger partial charge on any atom is 0.0824 e. The van der Waals surface area contributed by atoms with Gasteiger partial charge in [0.05, 0.1) is 12.2 Å². The van der Waals surface area contributed by atoms with Crippen LogP contribution in [0.15, 0.2) is 42.5 Å². The number of hydrogen-bond donors (Lipinski definition) is 2. The molecule has 2 atom stereocenters. The van der Waals surface area contributed by atoms with Crippen LogP contribution in [0.25, 0.3) is 0 Å². The molecule has 0 aromatic heterocycles. The fourth-order valence-corrected chi connectivity index (χ4v) is 1.33. The molecule has 15 heavy (non-hydrogen) atoms. The van der Waals surface area contributed by atoms with Crippen LogP contribution in [0.4, 0.5) is 0 Å². The minimum Gasteiger partial charge on any atom is -0.393 e. The van der Waals surface area contributed by atoms with Crippen molar-refractivity contribution < 1.29 is 10.2 Å². The molecule has 0 aliphatic rings. The van der Waals surface area contributed by atoms with Crippen molar-refractivity contribution in [1.29, 1.82) is 0 Å². The molecule has 0 saturated heterocycles. The lowest BCUT2D eigenvalue weighted by Crippen LogP contribution is -1.97. The van der Waals surface area contributed by atoms with E-state index in [1.54, 1.807) is 6.92 Å². The Hall–Kier alpha value is -1.12. The normalized spacial score (nSPS) is 15.4. The van der Waals surface area contributed by atoms with Crippen LogP contribution in [0, 0.1) is 0 Å². The molecule has 82 valence electrons. The van der Waals surface area contributed by atoms with Crippen LogP contribution >= 0.6 is 0 Å². The quantitative estimate of drug-likeness (QED) is 0.726. The van der Waals surface area contributed by atoms with Gasteiger partial charge in [0.1, 0.15) is 0 Å². The second kappa shape index (κ2) is 6.38. The first-order valence-electron chi connectivity index (χ1n) is 5.26. The molecule has 0 fully saturated rings. The highest BCUT2D eigenvalue weighted by molar-refractivity contribution is 5.17. The monoisotopic (exact) mass is 206 g/mol. The van der Waals surface area contributed by atoms with Crippen molar-refractivity contribution in [1.82, 2.24) is 0 Å². The van der Waals surface area contributed by atoms with Crippen molar-refractivity contribution in [2.45, 2.75) is 32.0 Å². The van der Waals surface area contributed by atoms with Crippen molar-refractivity contribution in [2.75, 3.05) is 0 Å². The predicted octanol–water partition coefficient (Wildman–Crippen LogP) is 2.44. The first kappa shape index (κ1) is 12.0. The van der Waals surface area contributed by atoms with Gasteiger partial charge in [-0.05, 0) is 25.3 Å². The minimum absolute atomic E-state index is 0.310. The van der Waals surface area contributed by atoms with Crippen LogP contribution in [0.2, 0.25) is 0 Å². The molecule has 1 aromatic rings. The summed E-state index contributed by atoms with van der Waals surface area (Å²) < 4.78 is 0. The molecule has 2 heteroatoms. The minimum atomic E-state index is -0.448. The molecule has 0 spiro atoms. The average Bonchev–Trinajstić information content (AvgIpc) is 2.25. The van der Waals surface area contributed by atoms with Gasteiger partial charge in [-0.25, -0.2) is 0 Å². The lowest BCUT2D eigenvalue weighted by atomic mass is 10.1. The highest BCUT2D eigenvalue weighted by Crippen LogP contribution is 2.16. The third kappa shape index (κ3) is 4.77. The summed E-state index contributed by atoms with van der Waals surface area (Å²) in [4.78, 5) is 0. The smallest absolute Gasteiger partial charge is 0.0824 e. The zero-order chi connectivity index (χ0) is 11.1. The third-order valence-electron chi connectivity index (χ3n) is 2.19. The SMILES string of the molecule is C[C@@H](O)C/C=C\C[C@@H](O)c1ccccc1. The Morgan fingerprint density at radius 3 is 2.27 bits per heavy atom. The molecule has 0 aliphatic carbocycles. The molecule has 0 aliphatic heterocycles.